The van der Waals surface area contributed by atoms with E-state index in [9.17, 15) is 19.5 Å². The van der Waals surface area contributed by atoms with Gasteiger partial charge in [-0.1, -0.05) is 24.3 Å². The van der Waals surface area contributed by atoms with Crippen molar-refractivity contribution in [3.05, 3.63) is 41.5 Å². The highest BCUT2D eigenvalue weighted by atomic mass is 16.6. The van der Waals surface area contributed by atoms with Gasteiger partial charge in [0, 0.05) is 12.5 Å². The minimum absolute atomic E-state index is 0.102. The van der Waals surface area contributed by atoms with E-state index < -0.39 is 35.3 Å². The fourth-order valence-corrected chi connectivity index (χ4v) is 2.15. The molecule has 1 aromatic rings. The van der Waals surface area contributed by atoms with Gasteiger partial charge in [0.15, 0.2) is 0 Å². The number of hydrogen-bond donors (Lipinski definition) is 2. The Kier molecular flexibility index (Phi) is 7.78. The molecule has 28 heavy (non-hydrogen) atoms. The molecule has 2 N–H and O–H groups in total. The number of carboxylic acid groups (broad SMARTS) is 1. The van der Waals surface area contributed by atoms with E-state index in [1.165, 1.54) is 6.08 Å². The average molecular weight is 391 g/mol. The van der Waals surface area contributed by atoms with Gasteiger partial charge in [0.25, 0.3) is 0 Å². The van der Waals surface area contributed by atoms with Gasteiger partial charge in [-0.3, -0.25) is 0 Å². The number of ether oxygens (including phenoxy) is 2. The molecule has 0 aliphatic heterocycles. The molecular formula is C21H29NO6. The van der Waals surface area contributed by atoms with E-state index in [1.807, 2.05) is 0 Å². The first kappa shape index (κ1) is 23.2. The maximum absolute atomic E-state index is 11.8. The molecule has 0 unspecified atom stereocenters. The smallest absolute Gasteiger partial charge is 0.408 e. The van der Waals surface area contributed by atoms with Crippen LogP contribution in [0.5, 0.6) is 0 Å². The van der Waals surface area contributed by atoms with Crippen LogP contribution >= 0.6 is 0 Å². The van der Waals surface area contributed by atoms with Crippen LogP contribution in [0.4, 0.5) is 4.79 Å². The largest absolute Gasteiger partial charge is 0.480 e. The fraction of sp³-hybridized carbons (Fsp3) is 0.476. The molecule has 0 bridgehead atoms. The van der Waals surface area contributed by atoms with Crippen LogP contribution in [0.15, 0.2) is 30.3 Å². The van der Waals surface area contributed by atoms with Crippen molar-refractivity contribution in [3.63, 3.8) is 0 Å². The van der Waals surface area contributed by atoms with Gasteiger partial charge in [-0.25, -0.2) is 14.4 Å². The second kappa shape index (κ2) is 9.39. The molecular weight excluding hydrogens is 362 g/mol. The number of carboxylic acids is 1. The normalized spacial score (nSPS) is 13.1. The quantitative estimate of drug-likeness (QED) is 0.568. The summed E-state index contributed by atoms with van der Waals surface area (Å²) in [5.41, 5.74) is 0.215. The Morgan fingerprint density at radius 1 is 1.00 bits per heavy atom. The molecule has 0 aliphatic rings. The topological polar surface area (TPSA) is 102 Å². The summed E-state index contributed by atoms with van der Waals surface area (Å²) in [6.07, 6.45) is 2.28. The van der Waals surface area contributed by atoms with E-state index in [-0.39, 0.29) is 6.42 Å². The van der Waals surface area contributed by atoms with Crippen LogP contribution in [-0.2, 0) is 25.5 Å². The number of carbonyl (C=O) groups is 3. The van der Waals surface area contributed by atoms with Crippen molar-refractivity contribution >= 4 is 24.1 Å². The third kappa shape index (κ3) is 9.75. The lowest BCUT2D eigenvalue weighted by molar-refractivity contribution is -0.148. The predicted molar refractivity (Wildman–Crippen MR) is 106 cm³/mol. The van der Waals surface area contributed by atoms with Crippen LogP contribution in [0.25, 0.3) is 6.08 Å². The lowest BCUT2D eigenvalue weighted by Crippen LogP contribution is -2.44. The Morgan fingerprint density at radius 3 is 2.00 bits per heavy atom. The Balaban J connectivity index is 2.71. The second-order valence-electron chi connectivity index (χ2n) is 8.35. The average Bonchev–Trinajstić information content (AvgIpc) is 2.50. The Labute approximate surface area is 165 Å². The summed E-state index contributed by atoms with van der Waals surface area (Å²) in [7, 11) is 0. The fourth-order valence-electron chi connectivity index (χ4n) is 2.15. The number of hydrogen-bond acceptors (Lipinski definition) is 5. The molecule has 0 saturated carbocycles. The van der Waals surface area contributed by atoms with E-state index in [1.54, 1.807) is 71.9 Å². The van der Waals surface area contributed by atoms with Crippen LogP contribution in [0, 0.1) is 0 Å². The van der Waals surface area contributed by atoms with Crippen molar-refractivity contribution in [1.29, 1.82) is 0 Å². The number of amides is 1. The molecule has 1 atom stereocenters. The highest BCUT2D eigenvalue weighted by Gasteiger charge is 2.24. The lowest BCUT2D eigenvalue weighted by Gasteiger charge is -2.22. The number of alkyl carbamates (subject to hydrolysis) is 1. The predicted octanol–water partition coefficient (Wildman–Crippen LogP) is 3.56. The van der Waals surface area contributed by atoms with E-state index in [2.05, 4.69) is 5.32 Å². The summed E-state index contributed by atoms with van der Waals surface area (Å²) in [6, 6.07) is 5.87. The molecule has 0 aromatic heterocycles. The van der Waals surface area contributed by atoms with Crippen LogP contribution in [-0.4, -0.2) is 40.4 Å². The molecule has 0 saturated heterocycles. The third-order valence-corrected chi connectivity index (χ3v) is 3.23. The van der Waals surface area contributed by atoms with Crippen molar-refractivity contribution in [2.24, 2.45) is 0 Å². The first-order chi connectivity index (χ1) is 12.7. The maximum Gasteiger partial charge on any atom is 0.408 e. The lowest BCUT2D eigenvalue weighted by atomic mass is 10.0. The minimum Gasteiger partial charge on any atom is -0.480 e. The molecule has 7 nitrogen and oxygen atoms in total. The number of carbonyl (C=O) groups excluding carboxylic acids is 2. The van der Waals surface area contributed by atoms with Gasteiger partial charge in [0.05, 0.1) is 0 Å². The standard InChI is InChI=1S/C21H29NO6/c1-20(2,3)27-17(23)12-11-14-7-9-15(10-8-14)13-16(18(24)25)22-19(26)28-21(4,5)6/h7-12,16H,13H2,1-6H3,(H,22,26)(H,24,25)/b12-11+/t16-/m0/s1. The molecule has 0 heterocycles. The van der Waals surface area contributed by atoms with Crippen LogP contribution in [0.2, 0.25) is 0 Å². The van der Waals surface area contributed by atoms with Gasteiger partial charge in [-0.15, -0.1) is 0 Å². The SMILES string of the molecule is CC(C)(C)OC(=O)/C=C/c1ccc(C[C@H](NC(=O)OC(C)(C)C)C(=O)O)cc1. The molecule has 0 fully saturated rings. The molecule has 0 radical (unpaired) electrons. The van der Waals surface area contributed by atoms with E-state index >= 15 is 0 Å². The zero-order valence-electron chi connectivity index (χ0n) is 17.2. The van der Waals surface area contributed by atoms with Gasteiger partial charge in [-0.05, 0) is 58.7 Å². The second-order valence-corrected chi connectivity index (χ2v) is 8.35. The van der Waals surface area contributed by atoms with Crippen molar-refractivity contribution < 1.29 is 29.0 Å². The highest BCUT2D eigenvalue weighted by Crippen LogP contribution is 2.12. The first-order valence-corrected chi connectivity index (χ1v) is 8.97. The van der Waals surface area contributed by atoms with Crippen LogP contribution in [0.3, 0.4) is 0 Å². The number of benzene rings is 1. The number of rotatable bonds is 6. The zero-order valence-corrected chi connectivity index (χ0v) is 17.2. The molecule has 0 aliphatic carbocycles. The minimum atomic E-state index is -1.15. The molecule has 154 valence electrons. The Hall–Kier alpha value is -2.83. The van der Waals surface area contributed by atoms with Crippen LogP contribution in [0.1, 0.15) is 52.7 Å². The summed E-state index contributed by atoms with van der Waals surface area (Å²) in [5, 5.41) is 11.7. The zero-order chi connectivity index (χ0) is 21.5. The van der Waals surface area contributed by atoms with Gasteiger partial charge < -0.3 is 19.9 Å². The molecule has 1 aromatic carbocycles. The van der Waals surface area contributed by atoms with Gasteiger partial charge in [0.1, 0.15) is 17.2 Å². The number of nitrogens with one attached hydrogen (secondary N) is 1. The van der Waals surface area contributed by atoms with Crippen molar-refractivity contribution in [1.82, 2.24) is 5.32 Å². The monoisotopic (exact) mass is 391 g/mol. The molecule has 7 heteroatoms. The highest BCUT2D eigenvalue weighted by molar-refractivity contribution is 5.87. The summed E-state index contributed by atoms with van der Waals surface area (Å²) in [4.78, 5) is 34.9. The molecule has 1 rings (SSSR count). The van der Waals surface area contributed by atoms with E-state index in [0.717, 1.165) is 11.1 Å². The summed E-state index contributed by atoms with van der Waals surface area (Å²) >= 11 is 0. The first-order valence-electron chi connectivity index (χ1n) is 8.97. The number of aliphatic carboxylic acids is 1. The van der Waals surface area contributed by atoms with Crippen molar-refractivity contribution in [2.75, 3.05) is 0 Å². The third-order valence-electron chi connectivity index (χ3n) is 3.23. The summed E-state index contributed by atoms with van der Waals surface area (Å²) < 4.78 is 10.3. The molecule has 0 spiro atoms. The molecule has 1 amide bonds. The maximum atomic E-state index is 11.8. The van der Waals surface area contributed by atoms with E-state index in [0.29, 0.717) is 0 Å². The van der Waals surface area contributed by atoms with Crippen molar-refractivity contribution in [3.8, 4) is 0 Å². The van der Waals surface area contributed by atoms with Gasteiger partial charge in [0.2, 0.25) is 0 Å². The Morgan fingerprint density at radius 2 is 1.54 bits per heavy atom. The summed E-state index contributed by atoms with van der Waals surface area (Å²) in [5.74, 6) is -1.59. The summed E-state index contributed by atoms with van der Waals surface area (Å²) in [6.45, 7) is 10.5. The van der Waals surface area contributed by atoms with Crippen LogP contribution < -0.4 is 5.32 Å². The van der Waals surface area contributed by atoms with E-state index in [4.69, 9.17) is 9.47 Å². The van der Waals surface area contributed by atoms with Crippen molar-refractivity contribution in [2.45, 2.75) is 65.2 Å². The van der Waals surface area contributed by atoms with Gasteiger partial charge in [-0.2, -0.15) is 0 Å². The number of esters is 1. The Bertz CT molecular complexity index is 723. The van der Waals surface area contributed by atoms with Gasteiger partial charge >= 0.3 is 18.0 Å².